The molecule has 17 heavy (non-hydrogen) atoms. The molecule has 3 atom stereocenters. The van der Waals surface area contributed by atoms with Gasteiger partial charge < -0.3 is 0 Å². The van der Waals surface area contributed by atoms with Crippen molar-refractivity contribution in [2.75, 3.05) is 0 Å². The first-order valence-electron chi connectivity index (χ1n) is 6.87. The third-order valence-electron chi connectivity index (χ3n) is 4.89. The van der Waals surface area contributed by atoms with Crippen molar-refractivity contribution in [3.8, 4) is 0 Å². The molecule has 1 heteroatoms. The van der Waals surface area contributed by atoms with Crippen LogP contribution in [0.25, 0.3) is 0 Å². The number of aryl methyl sites for hydroxylation is 2. The molecule has 0 aromatic heterocycles. The van der Waals surface area contributed by atoms with E-state index in [9.17, 15) is 0 Å². The SMILES string of the molecule is Cc1ccc(CC(Cl)C2C3CCCC32)cc1C. The van der Waals surface area contributed by atoms with Crippen LogP contribution in [0, 0.1) is 31.6 Å². The summed E-state index contributed by atoms with van der Waals surface area (Å²) in [5.74, 6) is 2.78. The second kappa shape index (κ2) is 4.31. The van der Waals surface area contributed by atoms with Gasteiger partial charge in [-0.25, -0.2) is 0 Å². The normalized spacial score (nSPS) is 32.3. The molecule has 2 aliphatic rings. The van der Waals surface area contributed by atoms with E-state index in [1.54, 1.807) is 0 Å². The monoisotopic (exact) mass is 248 g/mol. The number of benzene rings is 1. The van der Waals surface area contributed by atoms with E-state index in [0.717, 1.165) is 24.2 Å². The molecule has 0 spiro atoms. The van der Waals surface area contributed by atoms with Crippen LogP contribution in [-0.4, -0.2) is 5.38 Å². The van der Waals surface area contributed by atoms with E-state index in [1.165, 1.54) is 36.0 Å². The smallest absolute Gasteiger partial charge is 0.0410 e. The minimum atomic E-state index is 0.368. The molecule has 3 unspecified atom stereocenters. The Kier molecular flexibility index (Phi) is 2.94. The molecule has 2 aliphatic carbocycles. The first-order valence-corrected chi connectivity index (χ1v) is 7.30. The summed E-state index contributed by atoms with van der Waals surface area (Å²) in [4.78, 5) is 0. The summed E-state index contributed by atoms with van der Waals surface area (Å²) in [6, 6.07) is 6.78. The van der Waals surface area contributed by atoms with Crippen molar-refractivity contribution < 1.29 is 0 Å². The number of hydrogen-bond acceptors (Lipinski definition) is 0. The van der Waals surface area contributed by atoms with Crippen molar-refractivity contribution in [3.05, 3.63) is 34.9 Å². The highest BCUT2D eigenvalue weighted by Crippen LogP contribution is 2.60. The summed E-state index contributed by atoms with van der Waals surface area (Å²) in [5.41, 5.74) is 4.18. The van der Waals surface area contributed by atoms with E-state index in [2.05, 4.69) is 32.0 Å². The van der Waals surface area contributed by atoms with Gasteiger partial charge in [0, 0.05) is 5.38 Å². The molecule has 0 aliphatic heterocycles. The third kappa shape index (κ3) is 2.12. The van der Waals surface area contributed by atoms with Crippen LogP contribution in [0.5, 0.6) is 0 Å². The summed E-state index contributed by atoms with van der Waals surface area (Å²) in [6.45, 7) is 4.36. The Labute approximate surface area is 109 Å². The van der Waals surface area contributed by atoms with E-state index in [1.807, 2.05) is 0 Å². The first-order chi connectivity index (χ1) is 8.16. The summed E-state index contributed by atoms with van der Waals surface area (Å²) in [6.07, 6.45) is 5.37. The molecule has 92 valence electrons. The molecular formula is C16H21Cl. The van der Waals surface area contributed by atoms with Gasteiger partial charge in [-0.3, -0.25) is 0 Å². The van der Waals surface area contributed by atoms with Crippen LogP contribution in [0.1, 0.15) is 36.0 Å². The van der Waals surface area contributed by atoms with E-state index < -0.39 is 0 Å². The number of rotatable bonds is 3. The quantitative estimate of drug-likeness (QED) is 0.691. The van der Waals surface area contributed by atoms with Crippen molar-refractivity contribution in [1.82, 2.24) is 0 Å². The highest BCUT2D eigenvalue weighted by atomic mass is 35.5. The van der Waals surface area contributed by atoms with Crippen LogP contribution in [-0.2, 0) is 6.42 Å². The van der Waals surface area contributed by atoms with Crippen LogP contribution in [0.15, 0.2) is 18.2 Å². The second-order valence-electron chi connectivity index (χ2n) is 5.97. The maximum absolute atomic E-state index is 6.61. The van der Waals surface area contributed by atoms with Crippen LogP contribution in [0.4, 0.5) is 0 Å². The molecule has 3 rings (SSSR count). The van der Waals surface area contributed by atoms with Gasteiger partial charge in [0.15, 0.2) is 0 Å². The van der Waals surface area contributed by atoms with Gasteiger partial charge in [-0.2, -0.15) is 0 Å². The largest absolute Gasteiger partial charge is 0.122 e. The Bertz CT molecular complexity index is 414. The predicted octanol–water partition coefficient (Wildman–Crippen LogP) is 4.50. The van der Waals surface area contributed by atoms with Gasteiger partial charge in [-0.15, -0.1) is 11.6 Å². The van der Waals surface area contributed by atoms with Crippen molar-refractivity contribution >= 4 is 11.6 Å². The lowest BCUT2D eigenvalue weighted by Crippen LogP contribution is -2.10. The fourth-order valence-electron chi connectivity index (χ4n) is 3.71. The topological polar surface area (TPSA) is 0 Å². The van der Waals surface area contributed by atoms with Gasteiger partial charge in [0.05, 0.1) is 0 Å². The standard InChI is InChI=1S/C16H21Cl/c1-10-6-7-12(8-11(10)2)9-15(17)16-13-4-3-5-14(13)16/h6-8,13-16H,3-5,9H2,1-2H3. The third-order valence-corrected chi connectivity index (χ3v) is 5.34. The molecule has 2 saturated carbocycles. The van der Waals surface area contributed by atoms with Gasteiger partial charge >= 0.3 is 0 Å². The fraction of sp³-hybridized carbons (Fsp3) is 0.625. The number of alkyl halides is 1. The van der Waals surface area contributed by atoms with Crippen LogP contribution in [0.2, 0.25) is 0 Å². The molecular weight excluding hydrogens is 228 g/mol. The van der Waals surface area contributed by atoms with E-state index in [4.69, 9.17) is 11.6 Å². The fourth-order valence-corrected chi connectivity index (χ4v) is 4.26. The minimum Gasteiger partial charge on any atom is -0.122 e. The van der Waals surface area contributed by atoms with Crippen molar-refractivity contribution in [2.24, 2.45) is 17.8 Å². The van der Waals surface area contributed by atoms with Gasteiger partial charge in [0.2, 0.25) is 0 Å². The van der Waals surface area contributed by atoms with Gasteiger partial charge in [0.25, 0.3) is 0 Å². The van der Waals surface area contributed by atoms with E-state index in [-0.39, 0.29) is 0 Å². The summed E-state index contributed by atoms with van der Waals surface area (Å²) >= 11 is 6.61. The Morgan fingerprint density at radius 1 is 1.18 bits per heavy atom. The van der Waals surface area contributed by atoms with Gasteiger partial charge in [-0.05, 0) is 67.6 Å². The molecule has 0 amide bonds. The Morgan fingerprint density at radius 2 is 1.88 bits per heavy atom. The van der Waals surface area contributed by atoms with Crippen molar-refractivity contribution in [1.29, 1.82) is 0 Å². The lowest BCUT2D eigenvalue weighted by molar-refractivity contribution is 0.559. The maximum atomic E-state index is 6.61. The average molecular weight is 249 g/mol. The lowest BCUT2D eigenvalue weighted by Gasteiger charge is -2.12. The molecule has 0 nitrogen and oxygen atoms in total. The predicted molar refractivity (Wildman–Crippen MR) is 73.6 cm³/mol. The Morgan fingerprint density at radius 3 is 2.53 bits per heavy atom. The molecule has 1 aromatic carbocycles. The molecule has 0 saturated heterocycles. The lowest BCUT2D eigenvalue weighted by atomic mass is 9.99. The van der Waals surface area contributed by atoms with Crippen LogP contribution in [0.3, 0.4) is 0 Å². The van der Waals surface area contributed by atoms with E-state index in [0.29, 0.717) is 5.38 Å². The molecule has 0 N–H and O–H groups in total. The number of hydrogen-bond donors (Lipinski definition) is 0. The van der Waals surface area contributed by atoms with Crippen molar-refractivity contribution in [2.45, 2.75) is 44.9 Å². The zero-order chi connectivity index (χ0) is 12.0. The number of halogens is 1. The zero-order valence-corrected chi connectivity index (χ0v) is 11.5. The highest BCUT2D eigenvalue weighted by molar-refractivity contribution is 6.21. The highest BCUT2D eigenvalue weighted by Gasteiger charge is 2.55. The molecule has 2 fully saturated rings. The second-order valence-corrected chi connectivity index (χ2v) is 6.54. The summed E-state index contributed by atoms with van der Waals surface area (Å²) in [5, 5.41) is 0.368. The minimum absolute atomic E-state index is 0.368. The zero-order valence-electron chi connectivity index (χ0n) is 10.7. The number of fused-ring (bicyclic) bond motifs is 1. The average Bonchev–Trinajstić information content (AvgIpc) is 2.78. The molecule has 0 heterocycles. The first kappa shape index (κ1) is 11.6. The maximum Gasteiger partial charge on any atom is 0.0410 e. The summed E-state index contributed by atoms with van der Waals surface area (Å²) < 4.78 is 0. The Balaban J connectivity index is 1.64. The summed E-state index contributed by atoms with van der Waals surface area (Å²) in [7, 11) is 0. The van der Waals surface area contributed by atoms with Gasteiger partial charge in [0.1, 0.15) is 0 Å². The van der Waals surface area contributed by atoms with Gasteiger partial charge in [-0.1, -0.05) is 24.6 Å². The van der Waals surface area contributed by atoms with E-state index >= 15 is 0 Å². The molecule has 0 radical (unpaired) electrons. The van der Waals surface area contributed by atoms with Crippen molar-refractivity contribution in [3.63, 3.8) is 0 Å². The Hall–Kier alpha value is -0.490. The molecule has 0 bridgehead atoms. The van der Waals surface area contributed by atoms with Crippen LogP contribution < -0.4 is 0 Å². The molecule has 1 aromatic rings. The van der Waals surface area contributed by atoms with Crippen LogP contribution >= 0.6 is 11.6 Å².